The van der Waals surface area contributed by atoms with Crippen LogP contribution in [0.5, 0.6) is 0 Å². The summed E-state index contributed by atoms with van der Waals surface area (Å²) in [6.45, 7) is 16.4. The molecular formula is C24H43IN6O2. The van der Waals surface area contributed by atoms with Gasteiger partial charge in [0.1, 0.15) is 5.60 Å². The number of nitrogens with one attached hydrogen (secondary N) is 3. The van der Waals surface area contributed by atoms with E-state index in [4.69, 9.17) is 4.74 Å². The van der Waals surface area contributed by atoms with Crippen LogP contribution in [0, 0.1) is 0 Å². The predicted octanol–water partition coefficient (Wildman–Crippen LogP) is 3.02. The Bertz CT molecular complexity index is 730. The number of carbonyl (C=O) groups excluding carboxylic acids is 1. The maximum atomic E-state index is 11.7. The van der Waals surface area contributed by atoms with E-state index >= 15 is 0 Å². The number of halogens is 1. The number of rotatable bonds is 9. The zero-order chi connectivity index (χ0) is 23.4. The Hall–Kier alpha value is -1.59. The largest absolute Gasteiger partial charge is 0.444 e. The number of ether oxygens (including phenoxy) is 1. The van der Waals surface area contributed by atoms with Crippen LogP contribution >= 0.6 is 24.0 Å². The van der Waals surface area contributed by atoms with Crippen molar-refractivity contribution in [2.75, 3.05) is 52.9 Å². The number of piperazine rings is 1. The standard InChI is InChI=1S/C24H42N6O2.HI/c1-6-29-14-16-30(17-15-29)19-21-11-8-7-10-20(21)18-28-22(25-5)26-12-9-13-27-23(31)32-24(2,3)4;/h7-8,10-11H,6,9,12-19H2,1-5H3,(H,27,31)(H2,25,26,28);1H. The van der Waals surface area contributed by atoms with Crippen molar-refractivity contribution < 1.29 is 9.53 Å². The smallest absolute Gasteiger partial charge is 0.407 e. The molecule has 8 nitrogen and oxygen atoms in total. The minimum atomic E-state index is -0.478. The minimum Gasteiger partial charge on any atom is -0.444 e. The number of likely N-dealkylation sites (N-methyl/N-ethyl adjacent to an activating group) is 1. The predicted molar refractivity (Wildman–Crippen MR) is 146 cm³/mol. The van der Waals surface area contributed by atoms with Gasteiger partial charge in [-0.2, -0.15) is 0 Å². The Morgan fingerprint density at radius 1 is 1.00 bits per heavy atom. The van der Waals surface area contributed by atoms with Crippen LogP contribution in [0.3, 0.4) is 0 Å². The Kier molecular flexibility index (Phi) is 13.7. The molecule has 1 aliphatic rings. The molecule has 0 atom stereocenters. The maximum Gasteiger partial charge on any atom is 0.407 e. The molecule has 0 radical (unpaired) electrons. The van der Waals surface area contributed by atoms with Crippen LogP contribution in [0.2, 0.25) is 0 Å². The van der Waals surface area contributed by atoms with E-state index < -0.39 is 5.60 Å². The van der Waals surface area contributed by atoms with E-state index in [9.17, 15) is 4.79 Å². The Balaban J connectivity index is 0.00000544. The lowest BCUT2D eigenvalue weighted by Crippen LogP contribution is -2.45. The van der Waals surface area contributed by atoms with Gasteiger partial charge in [0.2, 0.25) is 0 Å². The summed E-state index contributed by atoms with van der Waals surface area (Å²) in [6, 6.07) is 8.62. The molecule has 0 spiro atoms. The van der Waals surface area contributed by atoms with Gasteiger partial charge in [-0.3, -0.25) is 9.89 Å². The van der Waals surface area contributed by atoms with Crippen LogP contribution in [0.25, 0.3) is 0 Å². The van der Waals surface area contributed by atoms with Crippen LogP contribution in [0.15, 0.2) is 29.3 Å². The first kappa shape index (κ1) is 29.4. The minimum absolute atomic E-state index is 0. The molecule has 0 bridgehead atoms. The summed E-state index contributed by atoms with van der Waals surface area (Å²) in [7, 11) is 1.77. The van der Waals surface area contributed by atoms with Gasteiger partial charge in [-0.1, -0.05) is 31.2 Å². The van der Waals surface area contributed by atoms with E-state index in [1.807, 2.05) is 20.8 Å². The highest BCUT2D eigenvalue weighted by molar-refractivity contribution is 14.0. The van der Waals surface area contributed by atoms with Gasteiger partial charge in [0.25, 0.3) is 0 Å². The van der Waals surface area contributed by atoms with Crippen molar-refractivity contribution in [3.05, 3.63) is 35.4 Å². The zero-order valence-electron chi connectivity index (χ0n) is 20.9. The van der Waals surface area contributed by atoms with Crippen molar-refractivity contribution in [3.8, 4) is 0 Å². The first-order valence-corrected chi connectivity index (χ1v) is 11.7. The summed E-state index contributed by atoms with van der Waals surface area (Å²) in [4.78, 5) is 21.0. The van der Waals surface area contributed by atoms with E-state index in [0.717, 1.165) is 58.2 Å². The maximum absolute atomic E-state index is 11.7. The Morgan fingerprint density at radius 3 is 2.21 bits per heavy atom. The van der Waals surface area contributed by atoms with E-state index in [1.54, 1.807) is 7.05 Å². The van der Waals surface area contributed by atoms with Crippen molar-refractivity contribution in [1.82, 2.24) is 25.8 Å². The molecule has 3 N–H and O–H groups in total. The molecular weight excluding hydrogens is 531 g/mol. The molecule has 0 unspecified atom stereocenters. The lowest BCUT2D eigenvalue weighted by molar-refractivity contribution is 0.0527. The number of hydrogen-bond acceptors (Lipinski definition) is 5. The van der Waals surface area contributed by atoms with Gasteiger partial charge in [-0.05, 0) is 44.9 Å². The second-order valence-corrected chi connectivity index (χ2v) is 9.11. The summed E-state index contributed by atoms with van der Waals surface area (Å²) in [5, 5.41) is 9.49. The third kappa shape index (κ3) is 11.9. The molecule has 1 aromatic carbocycles. The molecule has 0 aliphatic carbocycles. The fourth-order valence-electron chi connectivity index (χ4n) is 3.59. The third-order valence-electron chi connectivity index (χ3n) is 5.41. The number of hydrogen-bond donors (Lipinski definition) is 3. The van der Waals surface area contributed by atoms with Gasteiger partial charge in [-0.15, -0.1) is 24.0 Å². The first-order chi connectivity index (χ1) is 15.3. The Morgan fingerprint density at radius 2 is 1.61 bits per heavy atom. The van der Waals surface area contributed by atoms with Gasteiger partial charge < -0.3 is 25.6 Å². The molecule has 2 rings (SSSR count). The summed E-state index contributed by atoms with van der Waals surface area (Å²) in [5.74, 6) is 0.758. The molecule has 1 aliphatic heterocycles. The molecule has 0 aromatic heterocycles. The second-order valence-electron chi connectivity index (χ2n) is 9.11. The molecule has 1 aromatic rings. The number of amides is 1. The molecule has 1 heterocycles. The van der Waals surface area contributed by atoms with E-state index in [-0.39, 0.29) is 30.1 Å². The SMILES string of the molecule is CCN1CCN(Cc2ccccc2CNC(=NC)NCCCNC(=O)OC(C)(C)C)CC1.I. The van der Waals surface area contributed by atoms with Crippen LogP contribution in [0.4, 0.5) is 4.79 Å². The molecule has 1 fully saturated rings. The normalized spacial score (nSPS) is 15.5. The van der Waals surface area contributed by atoms with Gasteiger partial charge in [0.15, 0.2) is 5.96 Å². The number of aliphatic imine (C=N–C) groups is 1. The van der Waals surface area contributed by atoms with Crippen LogP contribution in [-0.4, -0.2) is 80.3 Å². The average molecular weight is 575 g/mol. The van der Waals surface area contributed by atoms with Gasteiger partial charge in [0, 0.05) is 59.4 Å². The monoisotopic (exact) mass is 574 g/mol. The number of benzene rings is 1. The van der Waals surface area contributed by atoms with E-state index in [0.29, 0.717) is 13.1 Å². The van der Waals surface area contributed by atoms with Crippen molar-refractivity contribution in [1.29, 1.82) is 0 Å². The highest BCUT2D eigenvalue weighted by atomic mass is 127. The lowest BCUT2D eigenvalue weighted by Gasteiger charge is -2.34. The Labute approximate surface area is 216 Å². The van der Waals surface area contributed by atoms with Gasteiger partial charge >= 0.3 is 6.09 Å². The molecule has 33 heavy (non-hydrogen) atoms. The van der Waals surface area contributed by atoms with Crippen LogP contribution in [0.1, 0.15) is 45.2 Å². The molecule has 9 heteroatoms. The zero-order valence-corrected chi connectivity index (χ0v) is 23.3. The van der Waals surface area contributed by atoms with Gasteiger partial charge in [0.05, 0.1) is 0 Å². The highest BCUT2D eigenvalue weighted by Gasteiger charge is 2.17. The van der Waals surface area contributed by atoms with Crippen LogP contribution in [-0.2, 0) is 17.8 Å². The summed E-state index contributed by atoms with van der Waals surface area (Å²) < 4.78 is 5.24. The van der Waals surface area contributed by atoms with Crippen LogP contribution < -0.4 is 16.0 Å². The van der Waals surface area contributed by atoms with Crippen molar-refractivity contribution in [3.63, 3.8) is 0 Å². The number of alkyl carbamates (subject to hydrolysis) is 1. The molecule has 188 valence electrons. The number of carbonyl (C=O) groups is 1. The van der Waals surface area contributed by atoms with Gasteiger partial charge in [-0.25, -0.2) is 4.79 Å². The van der Waals surface area contributed by atoms with Crippen molar-refractivity contribution in [2.24, 2.45) is 4.99 Å². The average Bonchev–Trinajstić information content (AvgIpc) is 2.76. The van der Waals surface area contributed by atoms with Crippen molar-refractivity contribution in [2.45, 2.75) is 52.8 Å². The summed E-state index contributed by atoms with van der Waals surface area (Å²) >= 11 is 0. The lowest BCUT2D eigenvalue weighted by atomic mass is 10.1. The van der Waals surface area contributed by atoms with E-state index in [2.05, 4.69) is 61.9 Å². The topological polar surface area (TPSA) is 81.2 Å². The number of nitrogens with zero attached hydrogens (tertiary/aromatic N) is 3. The third-order valence-corrected chi connectivity index (χ3v) is 5.41. The molecule has 0 saturated carbocycles. The quantitative estimate of drug-likeness (QED) is 0.182. The van der Waals surface area contributed by atoms with Crippen molar-refractivity contribution >= 4 is 36.0 Å². The molecule has 1 amide bonds. The fourth-order valence-corrected chi connectivity index (χ4v) is 3.59. The van der Waals surface area contributed by atoms with E-state index in [1.165, 1.54) is 11.1 Å². The molecule has 1 saturated heterocycles. The summed E-state index contributed by atoms with van der Waals surface area (Å²) in [6.07, 6.45) is 0.396. The first-order valence-electron chi connectivity index (χ1n) is 11.7. The fraction of sp³-hybridized carbons (Fsp3) is 0.667. The second kappa shape index (κ2) is 15.3. The number of guanidine groups is 1. The highest BCUT2D eigenvalue weighted by Crippen LogP contribution is 2.13. The summed E-state index contributed by atoms with van der Waals surface area (Å²) in [5.41, 5.74) is 2.18.